The van der Waals surface area contributed by atoms with Gasteiger partial charge in [0.25, 0.3) is 10.0 Å². The third kappa shape index (κ3) is 8.37. The van der Waals surface area contributed by atoms with Gasteiger partial charge in [-0.2, -0.15) is 0 Å². The van der Waals surface area contributed by atoms with Gasteiger partial charge in [-0.15, -0.1) is 0 Å². The third-order valence-corrected chi connectivity index (χ3v) is 9.28. The van der Waals surface area contributed by atoms with Crippen molar-refractivity contribution in [2.45, 2.75) is 37.2 Å². The molecule has 0 saturated carbocycles. The third-order valence-electron chi connectivity index (χ3n) is 6.90. The normalized spacial score (nSPS) is 11.9. The number of nitrogens with zero attached hydrogens (tertiary/aromatic N) is 2. The summed E-state index contributed by atoms with van der Waals surface area (Å²) in [6.07, 6.45) is 0.849. The van der Waals surface area contributed by atoms with Crippen molar-refractivity contribution in [1.29, 1.82) is 0 Å². The largest absolute Gasteiger partial charge is 0.354 e. The second-order valence-corrected chi connectivity index (χ2v) is 12.8. The van der Waals surface area contributed by atoms with Crippen molar-refractivity contribution in [3.8, 4) is 0 Å². The van der Waals surface area contributed by atoms with Crippen LogP contribution in [0.2, 0.25) is 10.0 Å². The van der Waals surface area contributed by atoms with E-state index in [9.17, 15) is 22.4 Å². The average Bonchev–Trinajstić information content (AvgIpc) is 3.02. The lowest BCUT2D eigenvalue weighted by Gasteiger charge is -2.34. The second kappa shape index (κ2) is 15.2. The summed E-state index contributed by atoms with van der Waals surface area (Å²) >= 11 is 12.6. The van der Waals surface area contributed by atoms with Crippen LogP contribution in [0.3, 0.4) is 0 Å². The summed E-state index contributed by atoms with van der Waals surface area (Å²) < 4.78 is 42.5. The second-order valence-electron chi connectivity index (χ2n) is 10.1. The van der Waals surface area contributed by atoms with Gasteiger partial charge >= 0.3 is 0 Å². The van der Waals surface area contributed by atoms with Crippen LogP contribution in [0.4, 0.5) is 10.1 Å². The summed E-state index contributed by atoms with van der Waals surface area (Å²) in [5.74, 6) is -1.63. The summed E-state index contributed by atoms with van der Waals surface area (Å²) in [6, 6.07) is 25.6. The highest BCUT2D eigenvalue weighted by Gasteiger charge is 2.34. The molecular weight excluding hydrogens is 624 g/mol. The molecule has 0 aliphatic rings. The minimum atomic E-state index is -4.33. The molecule has 0 spiro atoms. The number of carbonyl (C=O) groups excluding carboxylic acids is 2. The Bertz CT molecular complexity index is 1670. The Hall–Kier alpha value is -3.92. The maximum absolute atomic E-state index is 14.4. The molecule has 0 radical (unpaired) electrons. The zero-order chi connectivity index (χ0) is 31.7. The molecule has 1 N–H and O–H groups in total. The van der Waals surface area contributed by atoms with E-state index in [-0.39, 0.29) is 29.5 Å². The van der Waals surface area contributed by atoms with E-state index >= 15 is 0 Å². The number of anilines is 1. The van der Waals surface area contributed by atoms with Gasteiger partial charge in [-0.05, 0) is 66.1 Å². The number of rotatable bonds is 13. The van der Waals surface area contributed by atoms with E-state index in [0.717, 1.165) is 34.1 Å². The molecule has 0 aromatic heterocycles. The van der Waals surface area contributed by atoms with Gasteiger partial charge in [-0.3, -0.25) is 13.9 Å². The Morgan fingerprint density at radius 2 is 1.52 bits per heavy atom. The number of carbonyl (C=O) groups is 2. The minimum absolute atomic E-state index is 0.0922. The molecule has 0 bridgehead atoms. The maximum atomic E-state index is 14.4. The molecule has 1 atom stereocenters. The van der Waals surface area contributed by atoms with Gasteiger partial charge in [0.05, 0.1) is 10.6 Å². The SMILES string of the molecule is CCCNC(=O)[C@@H](Cc1ccccc1)N(Cc1ccc(Cl)cc1Cl)C(=O)CN(c1ccccc1)S(=O)(=O)c1ccc(F)cc1. The van der Waals surface area contributed by atoms with Crippen molar-refractivity contribution in [2.75, 3.05) is 17.4 Å². The lowest BCUT2D eigenvalue weighted by atomic mass is 10.0. The fraction of sp³-hybridized carbons (Fsp3) is 0.212. The molecule has 0 aliphatic carbocycles. The Morgan fingerprint density at radius 3 is 2.14 bits per heavy atom. The molecule has 0 saturated heterocycles. The first kappa shape index (κ1) is 33.0. The summed E-state index contributed by atoms with van der Waals surface area (Å²) in [6.45, 7) is 1.58. The van der Waals surface area contributed by atoms with Gasteiger partial charge in [0.2, 0.25) is 11.8 Å². The van der Waals surface area contributed by atoms with E-state index in [1.165, 1.54) is 4.90 Å². The smallest absolute Gasteiger partial charge is 0.264 e. The van der Waals surface area contributed by atoms with Gasteiger partial charge in [0.1, 0.15) is 18.4 Å². The molecule has 0 heterocycles. The number of para-hydroxylation sites is 1. The van der Waals surface area contributed by atoms with Gasteiger partial charge in [0, 0.05) is 29.6 Å². The lowest BCUT2D eigenvalue weighted by molar-refractivity contribution is -0.140. The Balaban J connectivity index is 1.80. The fourth-order valence-corrected chi connectivity index (χ4v) is 6.49. The molecule has 7 nitrogen and oxygen atoms in total. The van der Waals surface area contributed by atoms with Crippen molar-refractivity contribution in [3.05, 3.63) is 130 Å². The predicted octanol–water partition coefficient (Wildman–Crippen LogP) is 6.49. The molecule has 0 fully saturated rings. The molecule has 0 unspecified atom stereocenters. The minimum Gasteiger partial charge on any atom is -0.354 e. The number of nitrogens with one attached hydrogen (secondary N) is 1. The average molecular weight is 657 g/mol. The van der Waals surface area contributed by atoms with Crippen molar-refractivity contribution in [1.82, 2.24) is 10.2 Å². The van der Waals surface area contributed by atoms with Crippen LogP contribution in [0.1, 0.15) is 24.5 Å². The molecule has 44 heavy (non-hydrogen) atoms. The lowest BCUT2D eigenvalue weighted by Crippen LogP contribution is -2.53. The first-order chi connectivity index (χ1) is 21.1. The van der Waals surface area contributed by atoms with Crippen LogP contribution in [0, 0.1) is 5.82 Å². The van der Waals surface area contributed by atoms with Crippen LogP contribution >= 0.6 is 23.2 Å². The quantitative estimate of drug-likeness (QED) is 0.178. The van der Waals surface area contributed by atoms with E-state index < -0.39 is 34.3 Å². The summed E-state index contributed by atoms with van der Waals surface area (Å²) in [5.41, 5.74) is 1.56. The van der Waals surface area contributed by atoms with Gasteiger partial charge in [0.15, 0.2) is 0 Å². The first-order valence-electron chi connectivity index (χ1n) is 14.0. The van der Waals surface area contributed by atoms with Crippen LogP contribution < -0.4 is 9.62 Å². The van der Waals surface area contributed by atoms with E-state index in [2.05, 4.69) is 5.32 Å². The van der Waals surface area contributed by atoms with Crippen LogP contribution in [0.5, 0.6) is 0 Å². The molecule has 11 heteroatoms. The van der Waals surface area contributed by atoms with E-state index in [0.29, 0.717) is 28.6 Å². The van der Waals surface area contributed by atoms with Crippen molar-refractivity contribution >= 4 is 50.7 Å². The van der Waals surface area contributed by atoms with Crippen molar-refractivity contribution < 1.29 is 22.4 Å². The highest BCUT2D eigenvalue weighted by Crippen LogP contribution is 2.27. The standard InChI is InChI=1S/C33H32Cl2FN3O4S/c1-2-19-37-33(41)31(20-24-9-5-3-6-10-24)38(22-25-13-14-26(34)21-30(25)35)32(40)23-39(28-11-7-4-8-12-28)44(42,43)29-17-15-27(36)16-18-29/h3-18,21,31H,2,19-20,22-23H2,1H3,(H,37,41)/t31-/m1/s1. The molecule has 0 aliphatic heterocycles. The summed E-state index contributed by atoms with van der Waals surface area (Å²) in [4.78, 5) is 29.2. The van der Waals surface area contributed by atoms with Crippen molar-refractivity contribution in [3.63, 3.8) is 0 Å². The monoisotopic (exact) mass is 655 g/mol. The topological polar surface area (TPSA) is 86.8 Å². The zero-order valence-electron chi connectivity index (χ0n) is 24.0. The van der Waals surface area contributed by atoms with Crippen molar-refractivity contribution in [2.24, 2.45) is 0 Å². The maximum Gasteiger partial charge on any atom is 0.264 e. The Kier molecular flexibility index (Phi) is 11.4. The van der Waals surface area contributed by atoms with Crippen LogP contribution in [0.25, 0.3) is 0 Å². The van der Waals surface area contributed by atoms with Crippen LogP contribution in [-0.4, -0.2) is 44.3 Å². The molecule has 230 valence electrons. The predicted molar refractivity (Wildman–Crippen MR) is 172 cm³/mol. The Labute approximate surface area is 267 Å². The molecule has 2 amide bonds. The van der Waals surface area contributed by atoms with E-state index in [1.54, 1.807) is 48.5 Å². The molecule has 4 aromatic carbocycles. The van der Waals surface area contributed by atoms with Gasteiger partial charge in [-0.25, -0.2) is 12.8 Å². The fourth-order valence-electron chi connectivity index (χ4n) is 4.61. The number of hydrogen-bond donors (Lipinski definition) is 1. The zero-order valence-corrected chi connectivity index (χ0v) is 26.3. The summed E-state index contributed by atoms with van der Waals surface area (Å²) in [5, 5.41) is 3.58. The number of amides is 2. The number of sulfonamides is 1. The first-order valence-corrected chi connectivity index (χ1v) is 16.2. The van der Waals surface area contributed by atoms with E-state index in [1.807, 2.05) is 37.3 Å². The Morgan fingerprint density at radius 1 is 0.886 bits per heavy atom. The summed E-state index contributed by atoms with van der Waals surface area (Å²) in [7, 11) is -4.33. The molecule has 4 rings (SSSR count). The number of benzene rings is 4. The van der Waals surface area contributed by atoms with Gasteiger partial charge in [-0.1, -0.05) is 84.7 Å². The number of halogens is 3. The van der Waals surface area contributed by atoms with Gasteiger partial charge < -0.3 is 10.2 Å². The number of hydrogen-bond acceptors (Lipinski definition) is 4. The highest BCUT2D eigenvalue weighted by molar-refractivity contribution is 7.92. The molecular formula is C33H32Cl2FN3O4S. The van der Waals surface area contributed by atoms with E-state index in [4.69, 9.17) is 23.2 Å². The molecule has 4 aromatic rings. The van der Waals surface area contributed by atoms with Crippen LogP contribution in [-0.2, 0) is 32.6 Å². The van der Waals surface area contributed by atoms with Crippen LogP contribution in [0.15, 0.2) is 108 Å². The highest BCUT2D eigenvalue weighted by atomic mass is 35.5.